The Morgan fingerprint density at radius 1 is 1.32 bits per heavy atom. The van der Waals surface area contributed by atoms with Gasteiger partial charge in [-0.1, -0.05) is 29.8 Å². The van der Waals surface area contributed by atoms with Gasteiger partial charge in [0.05, 0.1) is 22.4 Å². The first-order chi connectivity index (χ1) is 10.6. The zero-order valence-corrected chi connectivity index (χ0v) is 13.0. The van der Waals surface area contributed by atoms with Crippen molar-refractivity contribution in [2.45, 2.75) is 5.75 Å². The Kier molecular flexibility index (Phi) is 5.82. The molecule has 1 amide bonds. The Morgan fingerprint density at radius 2 is 2.09 bits per heavy atom. The molecule has 1 N–H and O–H groups in total. The van der Waals surface area contributed by atoms with Crippen molar-refractivity contribution in [2.24, 2.45) is 0 Å². The van der Waals surface area contributed by atoms with Crippen LogP contribution < -0.4 is 5.32 Å². The molecule has 6 heteroatoms. The average molecular weight is 335 g/mol. The molecule has 0 aliphatic rings. The number of benzene rings is 2. The fraction of sp³-hybridized carbons (Fsp3) is 0.125. The average Bonchev–Trinajstić information content (AvgIpc) is 2.51. The lowest BCUT2D eigenvalue weighted by Crippen LogP contribution is -2.14. The zero-order chi connectivity index (χ0) is 15.9. The molecule has 22 heavy (non-hydrogen) atoms. The van der Waals surface area contributed by atoms with E-state index in [-0.39, 0.29) is 16.7 Å². The largest absolute Gasteiger partial charge is 0.325 e. The molecular formula is C16H12ClFN2OS. The first kappa shape index (κ1) is 16.3. The van der Waals surface area contributed by atoms with Gasteiger partial charge in [0.2, 0.25) is 5.91 Å². The van der Waals surface area contributed by atoms with Crippen LogP contribution in [0.5, 0.6) is 0 Å². The van der Waals surface area contributed by atoms with Gasteiger partial charge in [0.1, 0.15) is 5.82 Å². The number of rotatable bonds is 5. The molecule has 0 fully saturated rings. The summed E-state index contributed by atoms with van der Waals surface area (Å²) in [6, 6.07) is 13.4. The van der Waals surface area contributed by atoms with E-state index in [1.54, 1.807) is 12.1 Å². The van der Waals surface area contributed by atoms with Gasteiger partial charge >= 0.3 is 0 Å². The van der Waals surface area contributed by atoms with Crippen LogP contribution >= 0.6 is 23.4 Å². The molecule has 0 bridgehead atoms. The van der Waals surface area contributed by atoms with E-state index in [0.717, 1.165) is 5.56 Å². The molecule has 0 aliphatic carbocycles. The van der Waals surface area contributed by atoms with E-state index >= 15 is 0 Å². The molecule has 2 aromatic rings. The molecule has 0 atom stereocenters. The second-order valence-electron chi connectivity index (χ2n) is 4.44. The third-order valence-corrected chi connectivity index (χ3v) is 4.10. The van der Waals surface area contributed by atoms with E-state index in [2.05, 4.69) is 11.4 Å². The molecule has 0 heterocycles. The maximum Gasteiger partial charge on any atom is 0.234 e. The molecule has 0 aliphatic heterocycles. The van der Waals surface area contributed by atoms with Gasteiger partial charge in [0.25, 0.3) is 0 Å². The second-order valence-corrected chi connectivity index (χ2v) is 5.83. The molecule has 2 rings (SSSR count). The van der Waals surface area contributed by atoms with Gasteiger partial charge in [-0.2, -0.15) is 5.26 Å². The van der Waals surface area contributed by atoms with Crippen molar-refractivity contribution in [1.29, 1.82) is 5.26 Å². The van der Waals surface area contributed by atoms with Crippen molar-refractivity contribution in [3.8, 4) is 6.07 Å². The molecule has 2 aromatic carbocycles. The summed E-state index contributed by atoms with van der Waals surface area (Å²) in [6.07, 6.45) is 0. The van der Waals surface area contributed by atoms with Gasteiger partial charge in [-0.3, -0.25) is 4.79 Å². The third kappa shape index (κ3) is 4.48. The fourth-order valence-corrected chi connectivity index (χ4v) is 2.79. The number of hydrogen-bond acceptors (Lipinski definition) is 3. The van der Waals surface area contributed by atoms with Crippen LogP contribution in [0.15, 0.2) is 42.5 Å². The number of halogens is 2. The lowest BCUT2D eigenvalue weighted by atomic mass is 10.1. The van der Waals surface area contributed by atoms with E-state index < -0.39 is 5.82 Å². The van der Waals surface area contributed by atoms with Crippen molar-refractivity contribution >= 4 is 35.0 Å². The predicted molar refractivity (Wildman–Crippen MR) is 87.4 cm³/mol. The van der Waals surface area contributed by atoms with Crippen molar-refractivity contribution in [3.05, 3.63) is 64.4 Å². The van der Waals surface area contributed by atoms with Gasteiger partial charge in [-0.05, 0) is 29.8 Å². The van der Waals surface area contributed by atoms with Crippen LogP contribution in [0.3, 0.4) is 0 Å². The second kappa shape index (κ2) is 7.83. The number of amides is 1. The highest BCUT2D eigenvalue weighted by Crippen LogP contribution is 2.20. The normalized spacial score (nSPS) is 10.0. The van der Waals surface area contributed by atoms with Gasteiger partial charge in [0.15, 0.2) is 0 Å². The van der Waals surface area contributed by atoms with E-state index in [1.165, 1.54) is 30.0 Å². The van der Waals surface area contributed by atoms with E-state index in [0.29, 0.717) is 17.0 Å². The SMILES string of the molecule is N#Cc1ccccc1CSCC(=O)Nc1ccc(F)c(Cl)c1. The molecule has 0 aromatic heterocycles. The van der Waals surface area contributed by atoms with E-state index in [9.17, 15) is 9.18 Å². The summed E-state index contributed by atoms with van der Waals surface area (Å²) in [7, 11) is 0. The molecular weight excluding hydrogens is 323 g/mol. The number of anilines is 1. The van der Waals surface area contributed by atoms with Crippen LogP contribution in [0, 0.1) is 17.1 Å². The Labute approximate surface area is 137 Å². The summed E-state index contributed by atoms with van der Waals surface area (Å²) < 4.78 is 13.0. The molecule has 0 saturated heterocycles. The minimum absolute atomic E-state index is 0.0339. The van der Waals surface area contributed by atoms with Gasteiger partial charge < -0.3 is 5.32 Å². The van der Waals surface area contributed by atoms with Crippen molar-refractivity contribution in [3.63, 3.8) is 0 Å². The van der Waals surface area contributed by atoms with Gasteiger partial charge in [0, 0.05) is 11.4 Å². The van der Waals surface area contributed by atoms with Crippen molar-refractivity contribution in [2.75, 3.05) is 11.1 Å². The summed E-state index contributed by atoms with van der Waals surface area (Å²) in [6.45, 7) is 0. The first-order valence-electron chi connectivity index (χ1n) is 6.41. The topological polar surface area (TPSA) is 52.9 Å². The van der Waals surface area contributed by atoms with Crippen molar-refractivity contribution in [1.82, 2.24) is 0 Å². The molecule has 0 radical (unpaired) electrons. The zero-order valence-electron chi connectivity index (χ0n) is 11.5. The Morgan fingerprint density at radius 3 is 2.82 bits per heavy atom. The summed E-state index contributed by atoms with van der Waals surface area (Å²) in [4.78, 5) is 11.8. The predicted octanol–water partition coefficient (Wildman–Crippen LogP) is 4.22. The quantitative estimate of drug-likeness (QED) is 0.890. The smallest absolute Gasteiger partial charge is 0.234 e. The molecule has 0 saturated carbocycles. The number of carbonyl (C=O) groups is 1. The minimum atomic E-state index is -0.526. The number of nitrogens with one attached hydrogen (secondary N) is 1. The third-order valence-electron chi connectivity index (χ3n) is 2.83. The highest BCUT2D eigenvalue weighted by molar-refractivity contribution is 7.99. The number of hydrogen-bond donors (Lipinski definition) is 1. The van der Waals surface area contributed by atoms with Crippen LogP contribution in [0.1, 0.15) is 11.1 Å². The number of thioether (sulfide) groups is 1. The maximum atomic E-state index is 13.0. The Hall–Kier alpha value is -2.03. The van der Waals surface area contributed by atoms with Gasteiger partial charge in [-0.15, -0.1) is 11.8 Å². The van der Waals surface area contributed by atoms with Crippen LogP contribution in [-0.2, 0) is 10.5 Å². The Balaban J connectivity index is 1.85. The lowest BCUT2D eigenvalue weighted by Gasteiger charge is -2.06. The molecule has 0 unspecified atom stereocenters. The standard InChI is InChI=1S/C16H12ClFN2OS/c17-14-7-13(5-6-15(14)18)20-16(21)10-22-9-12-4-2-1-3-11(12)8-19/h1-7H,9-10H2,(H,20,21). The highest BCUT2D eigenvalue weighted by atomic mass is 35.5. The van der Waals surface area contributed by atoms with Crippen LogP contribution in [-0.4, -0.2) is 11.7 Å². The Bertz CT molecular complexity index is 730. The monoisotopic (exact) mass is 334 g/mol. The van der Waals surface area contributed by atoms with Crippen LogP contribution in [0.2, 0.25) is 5.02 Å². The van der Waals surface area contributed by atoms with Crippen LogP contribution in [0.25, 0.3) is 0 Å². The number of nitriles is 1. The molecule has 0 spiro atoms. The van der Waals surface area contributed by atoms with E-state index in [1.807, 2.05) is 12.1 Å². The van der Waals surface area contributed by atoms with Gasteiger partial charge in [-0.25, -0.2) is 4.39 Å². The first-order valence-corrected chi connectivity index (χ1v) is 7.94. The summed E-state index contributed by atoms with van der Waals surface area (Å²) in [5.41, 5.74) is 1.96. The molecule has 3 nitrogen and oxygen atoms in total. The van der Waals surface area contributed by atoms with Crippen molar-refractivity contribution < 1.29 is 9.18 Å². The highest BCUT2D eigenvalue weighted by Gasteiger charge is 2.07. The fourth-order valence-electron chi connectivity index (χ4n) is 1.78. The summed E-state index contributed by atoms with van der Waals surface area (Å²) in [5, 5.41) is 11.6. The van der Waals surface area contributed by atoms with Crippen LogP contribution in [0.4, 0.5) is 10.1 Å². The summed E-state index contributed by atoms with van der Waals surface area (Å²) >= 11 is 7.05. The molecule has 112 valence electrons. The number of nitrogens with zero attached hydrogens (tertiary/aromatic N) is 1. The maximum absolute atomic E-state index is 13.0. The van der Waals surface area contributed by atoms with E-state index in [4.69, 9.17) is 16.9 Å². The summed E-state index contributed by atoms with van der Waals surface area (Å²) in [5.74, 6) is 0.0695. The lowest BCUT2D eigenvalue weighted by molar-refractivity contribution is -0.113. The minimum Gasteiger partial charge on any atom is -0.325 e. The number of carbonyl (C=O) groups excluding carboxylic acids is 1.